The van der Waals surface area contributed by atoms with Crippen molar-refractivity contribution >= 4 is 11.8 Å². The molecule has 3 aromatic rings. The molecule has 2 nitrogen and oxygen atoms in total. The predicted octanol–water partition coefficient (Wildman–Crippen LogP) is 3.70. The molecular weight excluding hydrogens is 248 g/mol. The zero-order chi connectivity index (χ0) is 13.4. The average molecular weight is 257 g/mol. The van der Waals surface area contributed by atoms with Crippen LogP contribution in [0.1, 0.15) is 10.5 Å². The maximum Gasteiger partial charge on any atom is 0.167 e. The Balaban J connectivity index is 2.33. The molecule has 0 unspecified atom stereocenters. The van der Waals surface area contributed by atoms with E-state index in [-0.39, 0.29) is 5.56 Å². The second-order valence-corrected chi connectivity index (χ2v) is 4.18. The van der Waals surface area contributed by atoms with Gasteiger partial charge in [0.25, 0.3) is 0 Å². The van der Waals surface area contributed by atoms with Gasteiger partial charge in [-0.25, -0.2) is 8.78 Å². The van der Waals surface area contributed by atoms with Gasteiger partial charge in [0.1, 0.15) is 11.6 Å². The topological polar surface area (TPSA) is 21.5 Å². The minimum atomic E-state index is -0.681. The molecule has 0 aliphatic heterocycles. The second kappa shape index (κ2) is 4.31. The van der Waals surface area contributed by atoms with Crippen molar-refractivity contribution in [3.63, 3.8) is 0 Å². The number of hydrogen-bond acceptors (Lipinski definition) is 1. The minimum Gasteiger partial charge on any atom is -0.314 e. The summed E-state index contributed by atoms with van der Waals surface area (Å²) in [5.74, 6) is -1.32. The lowest BCUT2D eigenvalue weighted by molar-refractivity contribution is 0.111. The zero-order valence-electron chi connectivity index (χ0n) is 9.81. The van der Waals surface area contributed by atoms with E-state index in [0.29, 0.717) is 17.5 Å². The van der Waals surface area contributed by atoms with Crippen molar-refractivity contribution < 1.29 is 13.6 Å². The largest absolute Gasteiger partial charge is 0.314 e. The molecule has 0 saturated heterocycles. The second-order valence-electron chi connectivity index (χ2n) is 4.18. The third-order valence-electron chi connectivity index (χ3n) is 3.05. The molecule has 0 radical (unpaired) electrons. The molecule has 2 heterocycles. The summed E-state index contributed by atoms with van der Waals surface area (Å²) in [4.78, 5) is 11.2. The SMILES string of the molecule is O=Cc1c(-c2ccc(F)cc2F)cc2ccccn12. The molecule has 0 N–H and O–H groups in total. The van der Waals surface area contributed by atoms with Gasteiger partial charge in [-0.3, -0.25) is 4.79 Å². The summed E-state index contributed by atoms with van der Waals surface area (Å²) in [7, 11) is 0. The Morgan fingerprint density at radius 3 is 2.58 bits per heavy atom. The average Bonchev–Trinajstić information content (AvgIpc) is 2.76. The molecule has 0 aliphatic carbocycles. The number of hydrogen-bond donors (Lipinski definition) is 0. The quantitative estimate of drug-likeness (QED) is 0.641. The Morgan fingerprint density at radius 1 is 1.00 bits per heavy atom. The number of aromatic nitrogens is 1. The molecule has 19 heavy (non-hydrogen) atoms. The lowest BCUT2D eigenvalue weighted by Gasteiger charge is -2.02. The van der Waals surface area contributed by atoms with Crippen molar-refractivity contribution in [2.75, 3.05) is 0 Å². The fourth-order valence-electron chi connectivity index (χ4n) is 2.19. The summed E-state index contributed by atoms with van der Waals surface area (Å²) in [6.45, 7) is 0. The molecular formula is C15H9F2NO. The first kappa shape index (κ1) is 11.6. The van der Waals surface area contributed by atoms with Crippen LogP contribution in [0.2, 0.25) is 0 Å². The summed E-state index contributed by atoms with van der Waals surface area (Å²) in [5.41, 5.74) is 1.80. The van der Waals surface area contributed by atoms with E-state index >= 15 is 0 Å². The molecule has 3 rings (SSSR count). The molecule has 0 atom stereocenters. The number of halogens is 2. The van der Waals surface area contributed by atoms with E-state index in [1.54, 1.807) is 22.7 Å². The highest BCUT2D eigenvalue weighted by atomic mass is 19.1. The van der Waals surface area contributed by atoms with Gasteiger partial charge in [0.05, 0.1) is 5.69 Å². The Hall–Kier alpha value is -2.49. The summed E-state index contributed by atoms with van der Waals surface area (Å²) < 4.78 is 28.4. The van der Waals surface area contributed by atoms with E-state index in [4.69, 9.17) is 0 Å². The van der Waals surface area contributed by atoms with Crippen LogP contribution in [-0.2, 0) is 0 Å². The number of carbonyl (C=O) groups is 1. The minimum absolute atomic E-state index is 0.215. The van der Waals surface area contributed by atoms with Crippen LogP contribution >= 0.6 is 0 Å². The van der Waals surface area contributed by atoms with Gasteiger partial charge in [-0.05, 0) is 30.3 Å². The van der Waals surface area contributed by atoms with Gasteiger partial charge in [0, 0.05) is 28.9 Å². The molecule has 0 bridgehead atoms. The monoisotopic (exact) mass is 257 g/mol. The fourth-order valence-corrected chi connectivity index (χ4v) is 2.19. The number of carbonyl (C=O) groups excluding carboxylic acids is 1. The van der Waals surface area contributed by atoms with Crippen LogP contribution in [0.5, 0.6) is 0 Å². The number of nitrogens with zero attached hydrogens (tertiary/aromatic N) is 1. The third kappa shape index (κ3) is 1.81. The van der Waals surface area contributed by atoms with Gasteiger partial charge in [0.2, 0.25) is 0 Å². The third-order valence-corrected chi connectivity index (χ3v) is 3.05. The first-order valence-electron chi connectivity index (χ1n) is 5.71. The first-order chi connectivity index (χ1) is 9.20. The van der Waals surface area contributed by atoms with Crippen LogP contribution in [0.3, 0.4) is 0 Å². The van der Waals surface area contributed by atoms with Crippen LogP contribution < -0.4 is 0 Å². The van der Waals surface area contributed by atoms with Crippen LogP contribution in [0.15, 0.2) is 48.7 Å². The molecule has 4 heteroatoms. The van der Waals surface area contributed by atoms with Crippen molar-refractivity contribution in [2.24, 2.45) is 0 Å². The van der Waals surface area contributed by atoms with Gasteiger partial charge < -0.3 is 4.40 Å². The first-order valence-corrected chi connectivity index (χ1v) is 5.71. The van der Waals surface area contributed by atoms with E-state index in [1.165, 1.54) is 12.1 Å². The summed E-state index contributed by atoms with van der Waals surface area (Å²) in [6, 6.07) is 10.5. The maximum atomic E-state index is 13.8. The van der Waals surface area contributed by atoms with Crippen molar-refractivity contribution in [2.45, 2.75) is 0 Å². The summed E-state index contributed by atoms with van der Waals surface area (Å²) >= 11 is 0. The summed E-state index contributed by atoms with van der Waals surface area (Å²) in [5, 5.41) is 0. The molecule has 0 aliphatic rings. The Labute approximate surface area is 107 Å². The van der Waals surface area contributed by atoms with Crippen LogP contribution in [0.4, 0.5) is 8.78 Å². The molecule has 0 fully saturated rings. The maximum absolute atomic E-state index is 13.8. The highest BCUT2D eigenvalue weighted by Gasteiger charge is 2.14. The van der Waals surface area contributed by atoms with E-state index in [9.17, 15) is 13.6 Å². The molecule has 0 spiro atoms. The predicted molar refractivity (Wildman–Crippen MR) is 68.1 cm³/mol. The smallest absolute Gasteiger partial charge is 0.167 e. The van der Waals surface area contributed by atoms with E-state index < -0.39 is 11.6 Å². The zero-order valence-corrected chi connectivity index (χ0v) is 9.81. The van der Waals surface area contributed by atoms with Crippen molar-refractivity contribution in [1.29, 1.82) is 0 Å². The van der Waals surface area contributed by atoms with Crippen molar-refractivity contribution in [3.8, 4) is 11.1 Å². The lowest BCUT2D eigenvalue weighted by Crippen LogP contribution is -1.93. The standard InChI is InChI=1S/C15H9F2NO/c16-10-4-5-12(14(17)7-10)13-8-11-3-1-2-6-18(11)15(13)9-19/h1-9H. The molecule has 1 aromatic carbocycles. The van der Waals surface area contributed by atoms with Crippen LogP contribution in [0, 0.1) is 11.6 Å². The number of rotatable bonds is 2. The van der Waals surface area contributed by atoms with Gasteiger partial charge in [-0.15, -0.1) is 0 Å². The lowest BCUT2D eigenvalue weighted by atomic mass is 10.1. The number of aldehydes is 1. The molecule has 0 saturated carbocycles. The highest BCUT2D eigenvalue weighted by molar-refractivity contribution is 5.89. The van der Waals surface area contributed by atoms with Gasteiger partial charge >= 0.3 is 0 Å². The molecule has 2 aromatic heterocycles. The number of fused-ring (bicyclic) bond motifs is 1. The Bertz CT molecular complexity index is 777. The normalized spacial score (nSPS) is 10.8. The van der Waals surface area contributed by atoms with Crippen LogP contribution in [0.25, 0.3) is 16.6 Å². The van der Waals surface area contributed by atoms with E-state index in [2.05, 4.69) is 0 Å². The van der Waals surface area contributed by atoms with Crippen LogP contribution in [-0.4, -0.2) is 10.7 Å². The molecule has 94 valence electrons. The fraction of sp³-hybridized carbons (Fsp3) is 0. The summed E-state index contributed by atoms with van der Waals surface area (Å²) in [6.07, 6.45) is 2.40. The number of pyridine rings is 1. The number of benzene rings is 1. The van der Waals surface area contributed by atoms with Gasteiger partial charge in [-0.2, -0.15) is 0 Å². The van der Waals surface area contributed by atoms with Gasteiger partial charge in [0.15, 0.2) is 6.29 Å². The Morgan fingerprint density at radius 2 is 1.84 bits per heavy atom. The van der Waals surface area contributed by atoms with Gasteiger partial charge in [-0.1, -0.05) is 6.07 Å². The molecule has 0 amide bonds. The highest BCUT2D eigenvalue weighted by Crippen LogP contribution is 2.29. The van der Waals surface area contributed by atoms with E-state index in [0.717, 1.165) is 11.6 Å². The van der Waals surface area contributed by atoms with Crippen molar-refractivity contribution in [3.05, 3.63) is 66.0 Å². The van der Waals surface area contributed by atoms with Crippen molar-refractivity contribution in [1.82, 2.24) is 4.40 Å². The van der Waals surface area contributed by atoms with E-state index in [1.807, 2.05) is 12.1 Å². The Kier molecular flexibility index (Phi) is 2.63.